The minimum Gasteiger partial charge on any atom is -0.398 e. The number of H-pyrrole nitrogens is 1. The SMILES string of the molecule is NCSc1ccc(NC(=O)c2cc(F)cnc2NCc2ccnc3[nH]ccc23)cc1N. The van der Waals surface area contributed by atoms with Crippen molar-refractivity contribution in [1.82, 2.24) is 15.0 Å². The van der Waals surface area contributed by atoms with Crippen molar-refractivity contribution in [2.75, 3.05) is 22.2 Å². The van der Waals surface area contributed by atoms with Crippen LogP contribution in [0.5, 0.6) is 0 Å². The highest BCUT2D eigenvalue weighted by Crippen LogP contribution is 2.27. The highest BCUT2D eigenvalue weighted by atomic mass is 32.2. The van der Waals surface area contributed by atoms with Gasteiger partial charge in [-0.1, -0.05) is 0 Å². The first kappa shape index (κ1) is 20.6. The smallest absolute Gasteiger partial charge is 0.259 e. The van der Waals surface area contributed by atoms with Gasteiger partial charge in [0, 0.05) is 46.5 Å². The summed E-state index contributed by atoms with van der Waals surface area (Å²) in [6, 6.07) is 10.1. The quantitative estimate of drug-likeness (QED) is 0.169. The Morgan fingerprint density at radius 3 is 2.87 bits per heavy atom. The molecule has 0 radical (unpaired) electrons. The molecule has 0 saturated carbocycles. The van der Waals surface area contributed by atoms with Crippen LogP contribution in [0.25, 0.3) is 11.0 Å². The van der Waals surface area contributed by atoms with Crippen LogP contribution in [0.2, 0.25) is 0 Å². The lowest BCUT2D eigenvalue weighted by Crippen LogP contribution is -2.16. The van der Waals surface area contributed by atoms with Crippen LogP contribution in [0.1, 0.15) is 15.9 Å². The number of nitrogen functional groups attached to an aromatic ring is 1. The first-order valence-electron chi connectivity index (χ1n) is 9.39. The number of halogens is 1. The fourth-order valence-electron chi connectivity index (χ4n) is 3.15. The number of aromatic nitrogens is 3. The maximum Gasteiger partial charge on any atom is 0.259 e. The summed E-state index contributed by atoms with van der Waals surface area (Å²) in [7, 11) is 0. The molecule has 0 aliphatic carbocycles. The lowest BCUT2D eigenvalue weighted by atomic mass is 10.1. The largest absolute Gasteiger partial charge is 0.398 e. The van der Waals surface area contributed by atoms with Crippen LogP contribution in [0.4, 0.5) is 21.6 Å². The van der Waals surface area contributed by atoms with Crippen LogP contribution in [0.15, 0.2) is 59.9 Å². The van der Waals surface area contributed by atoms with E-state index >= 15 is 0 Å². The number of hydrogen-bond acceptors (Lipinski definition) is 7. The van der Waals surface area contributed by atoms with Gasteiger partial charge in [0.2, 0.25) is 0 Å². The summed E-state index contributed by atoms with van der Waals surface area (Å²) in [5, 5.41) is 6.81. The van der Waals surface area contributed by atoms with Gasteiger partial charge in [-0.3, -0.25) is 4.79 Å². The number of rotatable bonds is 7. The number of pyridine rings is 2. The molecule has 4 rings (SSSR count). The number of hydrogen-bond donors (Lipinski definition) is 5. The average molecular weight is 438 g/mol. The number of aromatic amines is 1. The second-order valence-corrected chi connectivity index (χ2v) is 7.69. The van der Waals surface area contributed by atoms with Gasteiger partial charge < -0.3 is 27.1 Å². The van der Waals surface area contributed by atoms with Gasteiger partial charge in [0.25, 0.3) is 5.91 Å². The van der Waals surface area contributed by atoms with Gasteiger partial charge in [0.05, 0.1) is 11.8 Å². The molecule has 0 aliphatic heterocycles. The maximum atomic E-state index is 13.9. The Labute approximate surface area is 181 Å². The summed E-state index contributed by atoms with van der Waals surface area (Å²) in [5.74, 6) is -0.453. The van der Waals surface area contributed by atoms with E-state index in [0.717, 1.165) is 33.8 Å². The summed E-state index contributed by atoms with van der Waals surface area (Å²) in [5.41, 5.74) is 14.3. The maximum absolute atomic E-state index is 13.9. The monoisotopic (exact) mass is 437 g/mol. The zero-order valence-electron chi connectivity index (χ0n) is 16.4. The Bertz CT molecular complexity index is 1240. The van der Waals surface area contributed by atoms with Gasteiger partial charge in [-0.05, 0) is 42.0 Å². The fraction of sp³-hybridized carbons (Fsp3) is 0.0952. The Kier molecular flexibility index (Phi) is 6.01. The highest BCUT2D eigenvalue weighted by Gasteiger charge is 2.16. The highest BCUT2D eigenvalue weighted by molar-refractivity contribution is 7.99. The van der Waals surface area contributed by atoms with Crippen molar-refractivity contribution in [3.63, 3.8) is 0 Å². The molecule has 1 amide bonds. The van der Waals surface area contributed by atoms with Crippen molar-refractivity contribution in [3.8, 4) is 0 Å². The lowest BCUT2D eigenvalue weighted by Gasteiger charge is -2.13. The molecule has 0 atom stereocenters. The number of nitrogens with zero attached hydrogens (tertiary/aromatic N) is 2. The van der Waals surface area contributed by atoms with Gasteiger partial charge in [0.15, 0.2) is 0 Å². The van der Waals surface area contributed by atoms with E-state index in [-0.39, 0.29) is 11.4 Å². The molecule has 8 nitrogen and oxygen atoms in total. The molecule has 1 aromatic carbocycles. The summed E-state index contributed by atoms with van der Waals surface area (Å²) in [4.78, 5) is 25.0. The third kappa shape index (κ3) is 4.60. The first-order chi connectivity index (χ1) is 15.0. The van der Waals surface area contributed by atoms with E-state index in [1.165, 1.54) is 11.8 Å². The Morgan fingerprint density at radius 1 is 1.19 bits per heavy atom. The van der Waals surface area contributed by atoms with Gasteiger partial charge in [-0.25, -0.2) is 14.4 Å². The Balaban J connectivity index is 1.54. The summed E-state index contributed by atoms with van der Waals surface area (Å²) in [6.07, 6.45) is 4.56. The number of nitrogens with two attached hydrogens (primary N) is 2. The lowest BCUT2D eigenvalue weighted by molar-refractivity contribution is 0.102. The van der Waals surface area contributed by atoms with Crippen molar-refractivity contribution >= 4 is 45.9 Å². The second-order valence-electron chi connectivity index (χ2n) is 6.63. The van der Waals surface area contributed by atoms with E-state index in [0.29, 0.717) is 23.8 Å². The molecule has 0 unspecified atom stereocenters. The predicted molar refractivity (Wildman–Crippen MR) is 121 cm³/mol. The van der Waals surface area contributed by atoms with Gasteiger partial charge in [-0.2, -0.15) is 0 Å². The molecule has 0 spiro atoms. The molecular formula is C21H20FN7OS. The van der Waals surface area contributed by atoms with E-state index in [9.17, 15) is 9.18 Å². The van der Waals surface area contributed by atoms with Crippen LogP contribution < -0.4 is 22.1 Å². The van der Waals surface area contributed by atoms with Gasteiger partial charge >= 0.3 is 0 Å². The second kappa shape index (κ2) is 9.02. The molecule has 3 aromatic heterocycles. The van der Waals surface area contributed by atoms with Crippen molar-refractivity contribution in [3.05, 3.63) is 71.9 Å². The van der Waals surface area contributed by atoms with Crippen LogP contribution in [-0.4, -0.2) is 26.7 Å². The number of thioether (sulfide) groups is 1. The normalized spacial score (nSPS) is 10.9. The number of nitrogens with one attached hydrogen (secondary N) is 3. The van der Waals surface area contributed by atoms with Crippen LogP contribution >= 0.6 is 11.8 Å². The van der Waals surface area contributed by atoms with Crippen LogP contribution in [0, 0.1) is 5.82 Å². The van der Waals surface area contributed by atoms with E-state index in [1.54, 1.807) is 30.6 Å². The van der Waals surface area contributed by atoms with E-state index in [1.807, 2.05) is 12.1 Å². The minimum atomic E-state index is -0.609. The molecule has 4 aromatic rings. The molecule has 31 heavy (non-hydrogen) atoms. The molecule has 0 aliphatic rings. The third-order valence-electron chi connectivity index (χ3n) is 4.60. The van der Waals surface area contributed by atoms with E-state index in [4.69, 9.17) is 11.5 Å². The van der Waals surface area contributed by atoms with Crippen LogP contribution in [0.3, 0.4) is 0 Å². The van der Waals surface area contributed by atoms with E-state index < -0.39 is 11.7 Å². The third-order valence-corrected chi connectivity index (χ3v) is 5.45. The standard InChI is InChI=1S/C21H20FN7OS/c22-13-7-16(21(30)29-14-1-2-18(31-11-23)17(24)8-14)20(28-10-13)27-9-12-3-5-25-19-15(12)4-6-26-19/h1-8,10H,9,11,23-24H2,(H,25,26)(H,27,28)(H,29,30). The average Bonchev–Trinajstić information content (AvgIpc) is 3.24. The van der Waals surface area contributed by atoms with Crippen molar-refractivity contribution in [2.24, 2.45) is 5.73 Å². The van der Waals surface area contributed by atoms with Crippen molar-refractivity contribution < 1.29 is 9.18 Å². The zero-order chi connectivity index (χ0) is 21.8. The molecule has 10 heteroatoms. The molecule has 0 fully saturated rings. The number of benzene rings is 1. The van der Waals surface area contributed by atoms with Gasteiger partial charge in [-0.15, -0.1) is 11.8 Å². The van der Waals surface area contributed by atoms with Crippen LogP contribution in [-0.2, 0) is 6.54 Å². The van der Waals surface area contributed by atoms with E-state index in [2.05, 4.69) is 25.6 Å². The molecule has 158 valence electrons. The molecule has 3 heterocycles. The number of carbonyl (C=O) groups is 1. The molecular weight excluding hydrogens is 417 g/mol. The first-order valence-corrected chi connectivity index (χ1v) is 10.4. The minimum absolute atomic E-state index is 0.0818. The number of anilines is 3. The number of carbonyl (C=O) groups excluding carboxylic acids is 1. The summed E-state index contributed by atoms with van der Waals surface area (Å²) in [6.45, 7) is 0.383. The summed E-state index contributed by atoms with van der Waals surface area (Å²) >= 11 is 1.40. The fourth-order valence-corrected chi connectivity index (χ4v) is 3.72. The number of fused-ring (bicyclic) bond motifs is 1. The van der Waals surface area contributed by atoms with Crippen molar-refractivity contribution in [2.45, 2.75) is 11.4 Å². The molecule has 7 N–H and O–H groups in total. The zero-order valence-corrected chi connectivity index (χ0v) is 17.2. The van der Waals surface area contributed by atoms with Gasteiger partial charge in [0.1, 0.15) is 17.3 Å². The Morgan fingerprint density at radius 2 is 2.06 bits per heavy atom. The molecule has 0 bridgehead atoms. The molecule has 0 saturated heterocycles. The topological polar surface area (TPSA) is 135 Å². The van der Waals surface area contributed by atoms with Crippen molar-refractivity contribution in [1.29, 1.82) is 0 Å². The summed E-state index contributed by atoms with van der Waals surface area (Å²) < 4.78 is 13.9. The Hall–Kier alpha value is -3.63. The predicted octanol–water partition coefficient (Wildman–Crippen LogP) is 3.55. The number of amides is 1.